The van der Waals surface area contributed by atoms with Crippen molar-refractivity contribution in [2.45, 2.75) is 20.3 Å². The van der Waals surface area contributed by atoms with E-state index in [1.165, 1.54) is 0 Å². The highest BCUT2D eigenvalue weighted by Crippen LogP contribution is 2.19. The summed E-state index contributed by atoms with van der Waals surface area (Å²) in [5.41, 5.74) is 2.40. The Morgan fingerprint density at radius 1 is 1.38 bits per heavy atom. The Bertz CT molecular complexity index is 632. The maximum Gasteiger partial charge on any atom is 0.311 e. The highest BCUT2D eigenvalue weighted by Gasteiger charge is 2.10. The van der Waals surface area contributed by atoms with Crippen molar-refractivity contribution in [1.29, 1.82) is 0 Å². The Labute approximate surface area is 124 Å². The summed E-state index contributed by atoms with van der Waals surface area (Å²) < 4.78 is 6.69. The number of aryl methyl sites for hydroxylation is 1. The standard InChI is InChI=1S/C16H19N3O2/c1-4-21-16(20)11-12(2)17-15-10-13(3)18-19(15)14-8-6-5-7-9-14/h5-10,17H,2,4,11H2,1,3H3. The number of para-hydroxylation sites is 1. The van der Waals surface area contributed by atoms with E-state index < -0.39 is 0 Å². The molecule has 0 atom stereocenters. The van der Waals surface area contributed by atoms with Gasteiger partial charge in [0.15, 0.2) is 0 Å². The van der Waals surface area contributed by atoms with E-state index in [1.807, 2.05) is 43.3 Å². The van der Waals surface area contributed by atoms with E-state index in [4.69, 9.17) is 4.74 Å². The summed E-state index contributed by atoms with van der Waals surface area (Å²) in [4.78, 5) is 11.5. The molecule has 5 nitrogen and oxygen atoms in total. The number of anilines is 1. The Morgan fingerprint density at radius 2 is 2.10 bits per heavy atom. The third kappa shape index (κ3) is 3.95. The number of nitrogens with zero attached hydrogens (tertiary/aromatic N) is 2. The molecule has 0 bridgehead atoms. The summed E-state index contributed by atoms with van der Waals surface area (Å²) in [6, 6.07) is 11.7. The molecule has 0 saturated carbocycles. The van der Waals surface area contributed by atoms with Gasteiger partial charge in [-0.05, 0) is 26.0 Å². The van der Waals surface area contributed by atoms with E-state index >= 15 is 0 Å². The molecule has 2 aromatic rings. The van der Waals surface area contributed by atoms with E-state index in [9.17, 15) is 4.79 Å². The number of ether oxygens (including phenoxy) is 1. The lowest BCUT2D eigenvalue weighted by molar-refractivity contribution is -0.142. The third-order valence-corrected chi connectivity index (χ3v) is 2.80. The Hall–Kier alpha value is -2.56. The minimum absolute atomic E-state index is 0.132. The van der Waals surface area contributed by atoms with Crippen molar-refractivity contribution in [1.82, 2.24) is 9.78 Å². The van der Waals surface area contributed by atoms with E-state index in [1.54, 1.807) is 11.6 Å². The van der Waals surface area contributed by atoms with Crippen LogP contribution in [0.15, 0.2) is 48.7 Å². The number of hydrogen-bond donors (Lipinski definition) is 1. The molecule has 110 valence electrons. The van der Waals surface area contributed by atoms with Gasteiger partial charge in [0.05, 0.1) is 24.4 Å². The zero-order chi connectivity index (χ0) is 15.2. The van der Waals surface area contributed by atoms with Crippen molar-refractivity contribution >= 4 is 11.8 Å². The van der Waals surface area contributed by atoms with E-state index in [0.29, 0.717) is 12.3 Å². The molecule has 5 heteroatoms. The zero-order valence-electron chi connectivity index (χ0n) is 12.3. The van der Waals surface area contributed by atoms with Gasteiger partial charge in [-0.25, -0.2) is 4.68 Å². The largest absolute Gasteiger partial charge is 0.466 e. The Kier molecular flexibility index (Phi) is 4.77. The first-order chi connectivity index (χ1) is 10.1. The SMILES string of the molecule is C=C(CC(=O)OCC)Nc1cc(C)nn1-c1ccccc1. The molecule has 0 saturated heterocycles. The topological polar surface area (TPSA) is 56.1 Å². The average molecular weight is 285 g/mol. The van der Waals surface area contributed by atoms with Gasteiger partial charge in [0, 0.05) is 11.8 Å². The maximum atomic E-state index is 11.5. The minimum atomic E-state index is -0.294. The number of hydrogen-bond acceptors (Lipinski definition) is 4. The molecule has 0 radical (unpaired) electrons. The smallest absolute Gasteiger partial charge is 0.311 e. The molecule has 21 heavy (non-hydrogen) atoms. The Morgan fingerprint density at radius 3 is 2.76 bits per heavy atom. The van der Waals surface area contributed by atoms with Crippen molar-refractivity contribution < 1.29 is 9.53 Å². The van der Waals surface area contributed by atoms with Gasteiger partial charge in [-0.1, -0.05) is 24.8 Å². The van der Waals surface area contributed by atoms with Crippen LogP contribution in [0.1, 0.15) is 19.0 Å². The van der Waals surface area contributed by atoms with Crippen LogP contribution >= 0.6 is 0 Å². The van der Waals surface area contributed by atoms with E-state index in [0.717, 1.165) is 17.2 Å². The van der Waals surface area contributed by atoms with Crippen LogP contribution in [0.5, 0.6) is 0 Å². The summed E-state index contributed by atoms with van der Waals surface area (Å²) in [6.07, 6.45) is 0.132. The van der Waals surface area contributed by atoms with Crippen LogP contribution in [0.3, 0.4) is 0 Å². The lowest BCUT2D eigenvalue weighted by atomic mass is 10.3. The van der Waals surface area contributed by atoms with Crippen LogP contribution in [-0.2, 0) is 9.53 Å². The third-order valence-electron chi connectivity index (χ3n) is 2.80. The summed E-state index contributed by atoms with van der Waals surface area (Å²) in [6.45, 7) is 7.93. The number of benzene rings is 1. The van der Waals surface area contributed by atoms with E-state index in [-0.39, 0.29) is 12.4 Å². The highest BCUT2D eigenvalue weighted by molar-refractivity contribution is 5.73. The molecular formula is C16H19N3O2. The van der Waals surface area contributed by atoms with Crippen LogP contribution in [0, 0.1) is 6.92 Å². The molecule has 0 aliphatic heterocycles. The monoisotopic (exact) mass is 285 g/mol. The number of carbonyl (C=O) groups is 1. The van der Waals surface area contributed by atoms with Crippen molar-refractivity contribution in [3.05, 3.63) is 54.4 Å². The van der Waals surface area contributed by atoms with Crippen LogP contribution in [0.4, 0.5) is 5.82 Å². The second kappa shape index (κ2) is 6.74. The summed E-state index contributed by atoms with van der Waals surface area (Å²) in [7, 11) is 0. The molecule has 1 aromatic heterocycles. The second-order valence-electron chi connectivity index (χ2n) is 4.63. The molecule has 0 fully saturated rings. The number of esters is 1. The van der Waals surface area contributed by atoms with Crippen LogP contribution in [0.25, 0.3) is 5.69 Å². The van der Waals surface area contributed by atoms with Crippen molar-refractivity contribution in [3.63, 3.8) is 0 Å². The number of rotatable bonds is 6. The molecule has 0 amide bonds. The van der Waals surface area contributed by atoms with Gasteiger partial charge in [-0.15, -0.1) is 0 Å². The average Bonchev–Trinajstić information content (AvgIpc) is 2.80. The van der Waals surface area contributed by atoms with Crippen molar-refractivity contribution in [3.8, 4) is 5.69 Å². The molecule has 0 spiro atoms. The summed E-state index contributed by atoms with van der Waals surface area (Å²) in [5, 5.41) is 7.57. The molecule has 0 aliphatic carbocycles. The first-order valence-corrected chi connectivity index (χ1v) is 6.82. The first-order valence-electron chi connectivity index (χ1n) is 6.82. The van der Waals surface area contributed by atoms with E-state index in [2.05, 4.69) is 17.0 Å². The Balaban J connectivity index is 2.14. The first kappa shape index (κ1) is 14.8. The van der Waals surface area contributed by atoms with Gasteiger partial charge in [0.2, 0.25) is 0 Å². The van der Waals surface area contributed by atoms with Gasteiger partial charge in [-0.3, -0.25) is 4.79 Å². The molecule has 1 heterocycles. The molecule has 0 aliphatic rings. The predicted octanol–water partition coefficient (Wildman–Crippen LogP) is 3.06. The van der Waals surface area contributed by atoms with Crippen LogP contribution in [-0.4, -0.2) is 22.4 Å². The number of nitrogens with one attached hydrogen (secondary N) is 1. The van der Waals surface area contributed by atoms with Gasteiger partial charge in [0.1, 0.15) is 5.82 Å². The van der Waals surface area contributed by atoms with Crippen LogP contribution in [0.2, 0.25) is 0 Å². The highest BCUT2D eigenvalue weighted by atomic mass is 16.5. The van der Waals surface area contributed by atoms with Gasteiger partial charge >= 0.3 is 5.97 Å². The van der Waals surface area contributed by atoms with Gasteiger partial charge in [0.25, 0.3) is 0 Å². The summed E-state index contributed by atoms with van der Waals surface area (Å²) >= 11 is 0. The predicted molar refractivity (Wildman–Crippen MR) is 82.3 cm³/mol. The lowest BCUT2D eigenvalue weighted by Gasteiger charge is -2.11. The number of carbonyl (C=O) groups excluding carboxylic acids is 1. The summed E-state index contributed by atoms with van der Waals surface area (Å²) in [5.74, 6) is 0.477. The minimum Gasteiger partial charge on any atom is -0.466 e. The van der Waals surface area contributed by atoms with Gasteiger partial charge < -0.3 is 10.1 Å². The molecular weight excluding hydrogens is 266 g/mol. The maximum absolute atomic E-state index is 11.5. The fraction of sp³-hybridized carbons (Fsp3) is 0.250. The fourth-order valence-corrected chi connectivity index (χ4v) is 1.97. The van der Waals surface area contributed by atoms with Crippen molar-refractivity contribution in [2.24, 2.45) is 0 Å². The molecule has 1 aromatic carbocycles. The fourth-order valence-electron chi connectivity index (χ4n) is 1.97. The molecule has 0 unspecified atom stereocenters. The number of aromatic nitrogens is 2. The van der Waals surface area contributed by atoms with Crippen LogP contribution < -0.4 is 5.32 Å². The lowest BCUT2D eigenvalue weighted by Crippen LogP contribution is -2.11. The zero-order valence-corrected chi connectivity index (χ0v) is 12.3. The molecule has 1 N–H and O–H groups in total. The second-order valence-corrected chi connectivity index (χ2v) is 4.63. The normalized spacial score (nSPS) is 10.2. The quantitative estimate of drug-likeness (QED) is 0.829. The molecule has 2 rings (SSSR count). The van der Waals surface area contributed by atoms with Crippen molar-refractivity contribution in [2.75, 3.05) is 11.9 Å². The van der Waals surface area contributed by atoms with Gasteiger partial charge in [-0.2, -0.15) is 5.10 Å².